The molecule has 1 aliphatic heterocycles. The highest BCUT2D eigenvalue weighted by Crippen LogP contribution is 2.32. The maximum Gasteiger partial charge on any atom is 0.439 e. The van der Waals surface area contributed by atoms with Crippen LogP contribution in [-0.2, 0) is 4.74 Å². The van der Waals surface area contributed by atoms with Gasteiger partial charge in [-0.2, -0.15) is 0 Å². The van der Waals surface area contributed by atoms with E-state index in [4.69, 9.17) is 32.7 Å². The van der Waals surface area contributed by atoms with Crippen LogP contribution in [0.2, 0.25) is 10.0 Å². The van der Waals surface area contributed by atoms with Crippen LogP contribution >= 0.6 is 35.6 Å². The fraction of sp³-hybridized carbons (Fsp3) is 0.316. The third-order valence-corrected chi connectivity index (χ3v) is 5.32. The molecule has 2 atom stereocenters. The molecule has 2 aromatic heterocycles. The zero-order valence-electron chi connectivity index (χ0n) is 15.6. The first kappa shape index (κ1) is 22.6. The van der Waals surface area contributed by atoms with E-state index in [-0.39, 0.29) is 24.4 Å². The van der Waals surface area contributed by atoms with Crippen LogP contribution in [0.5, 0.6) is 5.88 Å². The predicted molar refractivity (Wildman–Crippen MR) is 115 cm³/mol. The topological polar surface area (TPSA) is 102 Å². The van der Waals surface area contributed by atoms with E-state index in [2.05, 4.69) is 25.0 Å². The molecule has 1 aromatic carbocycles. The molecule has 1 saturated heterocycles. The molecule has 0 unspecified atom stereocenters. The van der Waals surface area contributed by atoms with Crippen LogP contribution < -0.4 is 15.8 Å². The normalized spacial score (nSPS) is 19.0. The third-order valence-electron chi connectivity index (χ3n) is 4.58. The van der Waals surface area contributed by atoms with Crippen LogP contribution in [0.3, 0.4) is 0 Å². The first-order chi connectivity index (χ1) is 14.1. The molecule has 3 heterocycles. The van der Waals surface area contributed by atoms with Gasteiger partial charge in [0.2, 0.25) is 5.88 Å². The zero-order chi connectivity index (χ0) is 20.2. The number of halogens is 3. The van der Waals surface area contributed by atoms with Crippen LogP contribution in [-0.4, -0.2) is 41.4 Å². The second-order valence-electron chi connectivity index (χ2n) is 6.57. The van der Waals surface area contributed by atoms with Gasteiger partial charge in [0.1, 0.15) is 0 Å². The monoisotopic (exact) mass is 472 g/mol. The van der Waals surface area contributed by atoms with Gasteiger partial charge >= 0.3 is 5.76 Å². The standard InChI is InChI=1S/C19H18Cl2N4O4.ClH/c20-14-2-1-11(7-15(14)21)17-13(9-22-5-6-27-17)10-28-16-8-12(3-4-23-16)18-24-19(26)29-25-18;/h1-4,7-8,13,17,22H,5-6,9-10H2,(H,24,25,26);1H/t13-,17-;/m0./s1. The average Bonchev–Trinajstić information content (AvgIpc) is 3.02. The summed E-state index contributed by atoms with van der Waals surface area (Å²) in [5, 5.41) is 8.02. The van der Waals surface area contributed by atoms with Crippen LogP contribution in [0.4, 0.5) is 0 Å². The summed E-state index contributed by atoms with van der Waals surface area (Å²) in [6.45, 7) is 2.40. The Morgan fingerprint density at radius 1 is 1.20 bits per heavy atom. The zero-order valence-corrected chi connectivity index (χ0v) is 18.0. The molecule has 1 aliphatic rings. The molecule has 4 rings (SSSR count). The lowest BCUT2D eigenvalue weighted by Crippen LogP contribution is -2.29. The van der Waals surface area contributed by atoms with Crippen molar-refractivity contribution in [1.29, 1.82) is 0 Å². The molecule has 0 bridgehead atoms. The lowest BCUT2D eigenvalue weighted by atomic mass is 9.96. The third kappa shape index (κ3) is 5.33. The van der Waals surface area contributed by atoms with Gasteiger partial charge in [-0.05, 0) is 23.8 Å². The minimum atomic E-state index is -0.620. The molecule has 3 aromatic rings. The van der Waals surface area contributed by atoms with Gasteiger partial charge in [-0.1, -0.05) is 34.4 Å². The summed E-state index contributed by atoms with van der Waals surface area (Å²) >= 11 is 12.2. The Labute approximate surface area is 188 Å². The SMILES string of the molecule is Cl.O=c1[nH]c(-c2ccnc(OC[C@@H]3CNCCO[C@H]3c3ccc(Cl)c(Cl)c3)c2)no1. The summed E-state index contributed by atoms with van der Waals surface area (Å²) in [4.78, 5) is 17.9. The Bertz CT molecular complexity index is 1040. The number of benzene rings is 1. The van der Waals surface area contributed by atoms with E-state index in [9.17, 15) is 4.79 Å². The van der Waals surface area contributed by atoms with Crippen molar-refractivity contribution in [3.05, 3.63) is 62.7 Å². The van der Waals surface area contributed by atoms with Crippen molar-refractivity contribution >= 4 is 35.6 Å². The number of H-pyrrole nitrogens is 1. The Morgan fingerprint density at radius 3 is 2.83 bits per heavy atom. The van der Waals surface area contributed by atoms with Gasteiger partial charge in [0.15, 0.2) is 5.82 Å². The molecular weight excluding hydrogens is 455 g/mol. The number of pyridine rings is 1. The number of aromatic amines is 1. The van der Waals surface area contributed by atoms with Crippen molar-refractivity contribution in [3.63, 3.8) is 0 Å². The molecule has 11 heteroatoms. The van der Waals surface area contributed by atoms with E-state index in [0.29, 0.717) is 47.1 Å². The van der Waals surface area contributed by atoms with E-state index in [1.165, 1.54) is 0 Å². The molecule has 1 fully saturated rings. The fourth-order valence-electron chi connectivity index (χ4n) is 3.18. The number of nitrogens with one attached hydrogen (secondary N) is 2. The molecule has 30 heavy (non-hydrogen) atoms. The van der Waals surface area contributed by atoms with E-state index in [1.54, 1.807) is 24.4 Å². The van der Waals surface area contributed by atoms with Crippen LogP contribution in [0, 0.1) is 5.92 Å². The number of nitrogens with zero attached hydrogens (tertiary/aromatic N) is 2. The van der Waals surface area contributed by atoms with Gasteiger partial charge in [0.05, 0.1) is 29.4 Å². The van der Waals surface area contributed by atoms with Crippen molar-refractivity contribution in [2.75, 3.05) is 26.3 Å². The van der Waals surface area contributed by atoms with E-state index in [0.717, 1.165) is 12.1 Å². The van der Waals surface area contributed by atoms with Crippen LogP contribution in [0.15, 0.2) is 45.8 Å². The highest BCUT2D eigenvalue weighted by molar-refractivity contribution is 6.42. The summed E-state index contributed by atoms with van der Waals surface area (Å²) in [5.41, 5.74) is 1.58. The quantitative estimate of drug-likeness (QED) is 0.584. The predicted octanol–water partition coefficient (Wildman–Crippen LogP) is 3.51. The summed E-state index contributed by atoms with van der Waals surface area (Å²) in [7, 11) is 0. The number of aromatic nitrogens is 3. The van der Waals surface area contributed by atoms with E-state index >= 15 is 0 Å². The Kier molecular flexibility index (Phi) is 7.74. The average molecular weight is 474 g/mol. The molecule has 0 aliphatic carbocycles. The van der Waals surface area contributed by atoms with Crippen LogP contribution in [0.1, 0.15) is 11.7 Å². The van der Waals surface area contributed by atoms with Gasteiger partial charge in [-0.25, -0.2) is 9.78 Å². The number of rotatable bonds is 5. The van der Waals surface area contributed by atoms with Gasteiger partial charge in [0, 0.05) is 36.8 Å². The summed E-state index contributed by atoms with van der Waals surface area (Å²) in [6, 6.07) is 8.90. The number of hydrogen-bond acceptors (Lipinski definition) is 7. The van der Waals surface area contributed by atoms with Crippen molar-refractivity contribution in [2.24, 2.45) is 5.92 Å². The van der Waals surface area contributed by atoms with Gasteiger partial charge in [-0.15, -0.1) is 12.4 Å². The molecule has 0 saturated carbocycles. The van der Waals surface area contributed by atoms with Crippen molar-refractivity contribution in [1.82, 2.24) is 20.4 Å². The van der Waals surface area contributed by atoms with E-state index < -0.39 is 5.76 Å². The van der Waals surface area contributed by atoms with E-state index in [1.807, 2.05) is 12.1 Å². The largest absolute Gasteiger partial charge is 0.477 e. The maximum atomic E-state index is 11.2. The summed E-state index contributed by atoms with van der Waals surface area (Å²) in [6.07, 6.45) is 1.38. The molecule has 0 spiro atoms. The lowest BCUT2D eigenvalue weighted by Gasteiger charge is -2.25. The molecule has 0 radical (unpaired) electrons. The Morgan fingerprint density at radius 2 is 2.07 bits per heavy atom. The highest BCUT2D eigenvalue weighted by Gasteiger charge is 2.27. The van der Waals surface area contributed by atoms with Crippen molar-refractivity contribution in [2.45, 2.75) is 6.10 Å². The maximum absolute atomic E-state index is 11.2. The van der Waals surface area contributed by atoms with Crippen LogP contribution in [0.25, 0.3) is 11.4 Å². The van der Waals surface area contributed by atoms with Crippen molar-refractivity contribution in [3.8, 4) is 17.3 Å². The highest BCUT2D eigenvalue weighted by atomic mass is 35.5. The molecule has 2 N–H and O–H groups in total. The smallest absolute Gasteiger partial charge is 0.439 e. The second kappa shape index (κ2) is 10.3. The Balaban J connectivity index is 0.00000256. The summed E-state index contributed by atoms with van der Waals surface area (Å²) < 4.78 is 16.5. The number of ether oxygens (including phenoxy) is 2. The first-order valence-corrected chi connectivity index (χ1v) is 9.78. The minimum absolute atomic E-state index is 0. The molecule has 160 valence electrons. The van der Waals surface area contributed by atoms with Gasteiger partial charge in [-0.3, -0.25) is 9.51 Å². The lowest BCUT2D eigenvalue weighted by molar-refractivity contribution is 0.0148. The fourth-order valence-corrected chi connectivity index (χ4v) is 3.48. The summed E-state index contributed by atoms with van der Waals surface area (Å²) in [5.74, 6) is 0.122. The second-order valence-corrected chi connectivity index (χ2v) is 7.38. The molecular formula is C19H19Cl3N4O4. The number of hydrogen-bond donors (Lipinski definition) is 2. The van der Waals surface area contributed by atoms with Crippen molar-refractivity contribution < 1.29 is 14.0 Å². The van der Waals surface area contributed by atoms with Gasteiger partial charge < -0.3 is 14.8 Å². The Hall–Kier alpha value is -2.10. The first-order valence-electron chi connectivity index (χ1n) is 9.02. The molecule has 0 amide bonds. The minimum Gasteiger partial charge on any atom is -0.477 e. The molecule has 8 nitrogen and oxygen atoms in total. The van der Waals surface area contributed by atoms with Gasteiger partial charge in [0.25, 0.3) is 0 Å².